The Morgan fingerprint density at radius 3 is 2.87 bits per heavy atom. The third-order valence-electron chi connectivity index (χ3n) is 4.95. The van der Waals surface area contributed by atoms with Crippen LogP contribution in [0.25, 0.3) is 11.4 Å². The summed E-state index contributed by atoms with van der Waals surface area (Å²) in [5, 5.41) is 20.7. The number of aryl methyl sites for hydroxylation is 1. The zero-order chi connectivity index (χ0) is 20.9. The van der Waals surface area contributed by atoms with Gasteiger partial charge in [0, 0.05) is 10.4 Å². The van der Waals surface area contributed by atoms with Gasteiger partial charge in [-0.1, -0.05) is 18.2 Å². The first-order chi connectivity index (χ1) is 14.7. The highest BCUT2D eigenvalue weighted by Crippen LogP contribution is 2.37. The molecule has 2 N–H and O–H groups in total. The van der Waals surface area contributed by atoms with Crippen LogP contribution in [0.3, 0.4) is 0 Å². The van der Waals surface area contributed by atoms with Crippen LogP contribution >= 0.6 is 23.1 Å². The molecular formula is C21H21N5O2S2. The quantitative estimate of drug-likeness (QED) is 0.435. The van der Waals surface area contributed by atoms with E-state index in [1.807, 2.05) is 24.3 Å². The van der Waals surface area contributed by atoms with Crippen molar-refractivity contribution in [3.8, 4) is 23.2 Å². The fourth-order valence-corrected chi connectivity index (χ4v) is 5.29. The summed E-state index contributed by atoms with van der Waals surface area (Å²) >= 11 is 2.80. The predicted octanol–water partition coefficient (Wildman–Crippen LogP) is 4.41. The van der Waals surface area contributed by atoms with Crippen LogP contribution in [0.2, 0.25) is 0 Å². The maximum Gasteiger partial charge on any atom is 0.235 e. The summed E-state index contributed by atoms with van der Waals surface area (Å²) in [6.07, 6.45) is 5.35. The summed E-state index contributed by atoms with van der Waals surface area (Å²) in [7, 11) is 1.62. The molecule has 0 bridgehead atoms. The molecule has 3 aromatic rings. The first-order valence-electron chi connectivity index (χ1n) is 9.72. The number of amides is 1. The van der Waals surface area contributed by atoms with Gasteiger partial charge in [0.2, 0.25) is 11.1 Å². The maximum atomic E-state index is 12.5. The fourth-order valence-electron chi connectivity index (χ4n) is 3.43. The van der Waals surface area contributed by atoms with E-state index < -0.39 is 0 Å². The number of nitrogens with zero attached hydrogens (tertiary/aromatic N) is 3. The van der Waals surface area contributed by atoms with Crippen molar-refractivity contribution in [2.75, 3.05) is 18.2 Å². The molecule has 30 heavy (non-hydrogen) atoms. The molecule has 1 aliphatic rings. The molecule has 0 aliphatic heterocycles. The molecule has 0 radical (unpaired) electrons. The second-order valence-electron chi connectivity index (χ2n) is 6.91. The van der Waals surface area contributed by atoms with Gasteiger partial charge in [-0.25, -0.2) is 4.98 Å². The van der Waals surface area contributed by atoms with Gasteiger partial charge in [-0.05, 0) is 55.5 Å². The Kier molecular flexibility index (Phi) is 6.35. The Balaban J connectivity index is 1.38. The van der Waals surface area contributed by atoms with Gasteiger partial charge in [-0.2, -0.15) is 5.26 Å². The van der Waals surface area contributed by atoms with E-state index in [1.165, 1.54) is 23.1 Å². The van der Waals surface area contributed by atoms with E-state index >= 15 is 0 Å². The average Bonchev–Trinajstić information content (AvgIpc) is 3.30. The van der Waals surface area contributed by atoms with Crippen molar-refractivity contribution in [2.45, 2.75) is 37.3 Å². The Morgan fingerprint density at radius 1 is 1.30 bits per heavy atom. The first-order valence-corrected chi connectivity index (χ1v) is 11.5. The largest absolute Gasteiger partial charge is 0.497 e. The first kappa shape index (κ1) is 20.4. The third kappa shape index (κ3) is 4.50. The van der Waals surface area contributed by atoms with Gasteiger partial charge in [0.25, 0.3) is 0 Å². The zero-order valence-electron chi connectivity index (χ0n) is 16.5. The third-order valence-corrected chi connectivity index (χ3v) is 7.00. The molecule has 0 unspecified atom stereocenters. The molecule has 154 valence electrons. The standard InChI is InChI=1S/C21H21N5O2S2/c1-28-14-9-7-13(8-10-14)19-24-21(26-25-19)29-12-18(27)23-20-16(11-22)15-5-3-2-4-6-17(15)30-20/h7-10H,2-6,12H2,1H3,(H,23,27)(H,24,25,26). The number of aromatic amines is 1. The number of hydrogen-bond acceptors (Lipinski definition) is 7. The van der Waals surface area contributed by atoms with E-state index in [4.69, 9.17) is 4.74 Å². The van der Waals surface area contributed by atoms with E-state index in [2.05, 4.69) is 26.6 Å². The molecule has 0 spiro atoms. The van der Waals surface area contributed by atoms with Gasteiger partial charge in [0.1, 0.15) is 16.8 Å². The van der Waals surface area contributed by atoms with Gasteiger partial charge in [-0.3, -0.25) is 9.89 Å². The number of nitrogens with one attached hydrogen (secondary N) is 2. The summed E-state index contributed by atoms with van der Waals surface area (Å²) < 4.78 is 5.16. The van der Waals surface area contributed by atoms with Crippen LogP contribution in [-0.4, -0.2) is 34.0 Å². The van der Waals surface area contributed by atoms with Crippen molar-refractivity contribution < 1.29 is 9.53 Å². The Labute approximate surface area is 182 Å². The van der Waals surface area contributed by atoms with Gasteiger partial charge in [-0.15, -0.1) is 16.4 Å². The van der Waals surface area contributed by atoms with Crippen LogP contribution in [0.4, 0.5) is 5.00 Å². The van der Waals surface area contributed by atoms with Crippen LogP contribution in [0.15, 0.2) is 29.4 Å². The molecular weight excluding hydrogens is 418 g/mol. The molecule has 0 saturated heterocycles. The van der Waals surface area contributed by atoms with Crippen molar-refractivity contribution in [3.05, 3.63) is 40.3 Å². The average molecular weight is 440 g/mol. The molecule has 0 atom stereocenters. The SMILES string of the molecule is COc1ccc(-c2nc(SCC(=O)Nc3sc4c(c3C#N)CCCCC4)n[nH]2)cc1. The van der Waals surface area contributed by atoms with E-state index in [-0.39, 0.29) is 11.7 Å². The highest BCUT2D eigenvalue weighted by molar-refractivity contribution is 7.99. The number of rotatable bonds is 6. The Bertz CT molecular complexity index is 1080. The lowest BCUT2D eigenvalue weighted by molar-refractivity contribution is -0.113. The second kappa shape index (κ2) is 9.32. The maximum absolute atomic E-state index is 12.5. The highest BCUT2D eigenvalue weighted by Gasteiger charge is 2.21. The van der Waals surface area contributed by atoms with Crippen molar-refractivity contribution in [1.29, 1.82) is 5.26 Å². The number of nitriles is 1. The summed E-state index contributed by atoms with van der Waals surface area (Å²) in [5.74, 6) is 1.41. The Morgan fingerprint density at radius 2 is 2.10 bits per heavy atom. The van der Waals surface area contributed by atoms with Crippen LogP contribution < -0.4 is 10.1 Å². The van der Waals surface area contributed by atoms with E-state index in [9.17, 15) is 10.1 Å². The number of ether oxygens (including phenoxy) is 1. The monoisotopic (exact) mass is 439 g/mol. The molecule has 1 aromatic carbocycles. The molecule has 2 heterocycles. The number of anilines is 1. The molecule has 2 aromatic heterocycles. The van der Waals surface area contributed by atoms with Gasteiger partial charge in [0.05, 0.1) is 18.4 Å². The molecule has 0 fully saturated rings. The molecule has 7 nitrogen and oxygen atoms in total. The Hall–Kier alpha value is -2.83. The molecule has 9 heteroatoms. The number of carbonyl (C=O) groups is 1. The van der Waals surface area contributed by atoms with Crippen LogP contribution in [-0.2, 0) is 17.6 Å². The summed E-state index contributed by atoms with van der Waals surface area (Å²) in [6.45, 7) is 0. The topological polar surface area (TPSA) is 104 Å². The molecule has 1 amide bonds. The van der Waals surface area contributed by atoms with Crippen LogP contribution in [0.1, 0.15) is 35.3 Å². The fraction of sp³-hybridized carbons (Fsp3) is 0.333. The van der Waals surface area contributed by atoms with Gasteiger partial charge >= 0.3 is 0 Å². The number of fused-ring (bicyclic) bond motifs is 1. The molecule has 0 saturated carbocycles. The van der Waals surface area contributed by atoms with Crippen LogP contribution in [0, 0.1) is 11.3 Å². The number of thioether (sulfide) groups is 1. The number of benzene rings is 1. The van der Waals surface area contributed by atoms with Crippen LogP contribution in [0.5, 0.6) is 5.75 Å². The minimum atomic E-state index is -0.163. The number of H-pyrrole nitrogens is 1. The van der Waals surface area contributed by atoms with E-state index in [0.717, 1.165) is 42.6 Å². The van der Waals surface area contributed by atoms with E-state index in [0.29, 0.717) is 21.5 Å². The number of hydrogen-bond donors (Lipinski definition) is 2. The zero-order valence-corrected chi connectivity index (χ0v) is 18.2. The van der Waals surface area contributed by atoms with Crippen molar-refractivity contribution >= 4 is 34.0 Å². The second-order valence-corrected chi connectivity index (χ2v) is 8.96. The minimum absolute atomic E-state index is 0.163. The lowest BCUT2D eigenvalue weighted by Crippen LogP contribution is -2.14. The van der Waals surface area contributed by atoms with Gasteiger partial charge < -0.3 is 10.1 Å². The molecule has 1 aliphatic carbocycles. The minimum Gasteiger partial charge on any atom is -0.497 e. The molecule has 4 rings (SSSR count). The summed E-state index contributed by atoms with van der Waals surface area (Å²) in [6, 6.07) is 9.79. The normalized spacial score (nSPS) is 13.2. The summed E-state index contributed by atoms with van der Waals surface area (Å²) in [5.41, 5.74) is 2.65. The number of methoxy groups -OCH3 is 1. The summed E-state index contributed by atoms with van der Waals surface area (Å²) in [4.78, 5) is 18.1. The van der Waals surface area contributed by atoms with Crippen molar-refractivity contribution in [1.82, 2.24) is 15.2 Å². The smallest absolute Gasteiger partial charge is 0.235 e. The predicted molar refractivity (Wildman–Crippen MR) is 118 cm³/mol. The number of thiophene rings is 1. The number of aromatic nitrogens is 3. The lowest BCUT2D eigenvalue weighted by atomic mass is 10.1. The highest BCUT2D eigenvalue weighted by atomic mass is 32.2. The van der Waals surface area contributed by atoms with Crippen molar-refractivity contribution in [3.63, 3.8) is 0 Å². The van der Waals surface area contributed by atoms with Crippen molar-refractivity contribution in [2.24, 2.45) is 0 Å². The van der Waals surface area contributed by atoms with Gasteiger partial charge in [0.15, 0.2) is 5.82 Å². The number of carbonyl (C=O) groups excluding carboxylic acids is 1. The lowest BCUT2D eigenvalue weighted by Gasteiger charge is -2.03. The van der Waals surface area contributed by atoms with E-state index in [1.54, 1.807) is 18.4 Å².